The first-order valence-corrected chi connectivity index (χ1v) is 15.2. The molecule has 1 heterocycles. The zero-order chi connectivity index (χ0) is 33.5. The summed E-state index contributed by atoms with van der Waals surface area (Å²) in [5.74, 6) is 0.486. The summed E-state index contributed by atoms with van der Waals surface area (Å²) in [6.07, 6.45) is 11.2. The molecule has 0 fully saturated rings. The first-order valence-electron chi connectivity index (χ1n) is 15.2. The van der Waals surface area contributed by atoms with E-state index in [0.29, 0.717) is 18.9 Å². The molecule has 3 aromatic rings. The average molecular weight is 629 g/mol. The summed E-state index contributed by atoms with van der Waals surface area (Å²) in [4.78, 5) is 26.5. The van der Waals surface area contributed by atoms with Gasteiger partial charge in [0, 0.05) is 38.5 Å². The van der Waals surface area contributed by atoms with Crippen LogP contribution in [-0.4, -0.2) is 41.6 Å². The number of hydrogen-bond acceptors (Lipinski definition) is 8. The van der Waals surface area contributed by atoms with Crippen LogP contribution in [0.25, 0.3) is 6.08 Å². The molecule has 9 heteroatoms. The Hall–Kier alpha value is -4.44. The summed E-state index contributed by atoms with van der Waals surface area (Å²) in [5, 5.41) is 11.1. The molecule has 9 nitrogen and oxygen atoms in total. The number of nitro benzene ring substituents is 1. The van der Waals surface area contributed by atoms with E-state index >= 15 is 0 Å². The number of rotatable bonds is 18. The number of non-ortho nitro benzene ring substituents is 1. The van der Waals surface area contributed by atoms with Gasteiger partial charge in [0.2, 0.25) is 0 Å². The van der Waals surface area contributed by atoms with Crippen LogP contribution >= 0.6 is 0 Å². The van der Waals surface area contributed by atoms with Gasteiger partial charge < -0.3 is 18.6 Å². The van der Waals surface area contributed by atoms with Gasteiger partial charge in [-0.3, -0.25) is 14.9 Å². The molecule has 244 valence electrons. The number of aldehydes is 1. The molecule has 46 heavy (non-hydrogen) atoms. The highest BCUT2D eigenvalue weighted by Gasteiger charge is 2.31. The third kappa shape index (κ3) is 11.5. The van der Waals surface area contributed by atoms with Gasteiger partial charge in [0.1, 0.15) is 18.2 Å². The van der Waals surface area contributed by atoms with Crippen molar-refractivity contribution in [3.05, 3.63) is 135 Å². The van der Waals surface area contributed by atoms with Crippen LogP contribution in [0, 0.1) is 23.0 Å². The Morgan fingerprint density at radius 3 is 2.26 bits per heavy atom. The van der Waals surface area contributed by atoms with Gasteiger partial charge in [-0.15, -0.1) is 0 Å². The van der Waals surface area contributed by atoms with Gasteiger partial charge in [-0.05, 0) is 72.9 Å². The number of allylic oxidation sites excluding steroid dienone is 5. The molecule has 0 aliphatic heterocycles. The lowest BCUT2D eigenvalue weighted by Gasteiger charge is -2.33. The Balaban J connectivity index is 1.84. The molecule has 0 radical (unpaired) electrons. The SMILES string of the molecule is CO[C@@H](/C(C)=C/C=C/C(C)=C/c1coc(C)n1)[C@@H](C)[C@@H](C[C@H](OCc1ccccc1)/C(C)=C/C=O)OCc1ccc([N+](=O)[O-])cc1. The minimum atomic E-state index is -0.425. The normalized spacial score (nSPS) is 15.5. The number of nitro groups is 1. The van der Waals surface area contributed by atoms with Gasteiger partial charge in [0.05, 0.1) is 36.4 Å². The van der Waals surface area contributed by atoms with Crippen LogP contribution in [0.15, 0.2) is 106 Å². The molecule has 4 atom stereocenters. The van der Waals surface area contributed by atoms with Crippen LogP contribution in [0.3, 0.4) is 0 Å². The molecular formula is C37H44N2O7. The van der Waals surface area contributed by atoms with Crippen molar-refractivity contribution in [2.45, 2.75) is 72.6 Å². The van der Waals surface area contributed by atoms with Crippen molar-refractivity contribution in [3.8, 4) is 0 Å². The van der Waals surface area contributed by atoms with E-state index in [1.54, 1.807) is 32.4 Å². The Labute approximate surface area is 271 Å². The Morgan fingerprint density at radius 2 is 1.65 bits per heavy atom. The van der Waals surface area contributed by atoms with Crippen molar-refractivity contribution >= 4 is 18.0 Å². The second-order valence-corrected chi connectivity index (χ2v) is 11.3. The van der Waals surface area contributed by atoms with Crippen LogP contribution in [0.5, 0.6) is 0 Å². The van der Waals surface area contributed by atoms with E-state index in [9.17, 15) is 14.9 Å². The van der Waals surface area contributed by atoms with Crippen molar-refractivity contribution in [3.63, 3.8) is 0 Å². The molecule has 0 unspecified atom stereocenters. The lowest BCUT2D eigenvalue weighted by Crippen LogP contribution is -2.37. The van der Waals surface area contributed by atoms with Gasteiger partial charge in [0.25, 0.3) is 5.69 Å². The van der Waals surface area contributed by atoms with E-state index in [0.717, 1.165) is 39.8 Å². The van der Waals surface area contributed by atoms with Crippen molar-refractivity contribution in [2.24, 2.45) is 5.92 Å². The highest BCUT2D eigenvalue weighted by Crippen LogP contribution is 2.28. The fourth-order valence-corrected chi connectivity index (χ4v) is 5.12. The lowest BCUT2D eigenvalue weighted by atomic mass is 9.88. The molecule has 0 amide bonds. The van der Waals surface area contributed by atoms with Gasteiger partial charge >= 0.3 is 0 Å². The van der Waals surface area contributed by atoms with Crippen molar-refractivity contribution in [1.29, 1.82) is 0 Å². The third-order valence-corrected chi connectivity index (χ3v) is 7.69. The van der Waals surface area contributed by atoms with E-state index in [1.165, 1.54) is 18.2 Å². The molecule has 0 saturated heterocycles. The monoisotopic (exact) mass is 628 g/mol. The summed E-state index contributed by atoms with van der Waals surface area (Å²) < 4.78 is 24.2. The van der Waals surface area contributed by atoms with Crippen molar-refractivity contribution in [1.82, 2.24) is 4.98 Å². The van der Waals surface area contributed by atoms with E-state index in [2.05, 4.69) is 11.9 Å². The van der Waals surface area contributed by atoms with Crippen LogP contribution in [0.1, 0.15) is 56.8 Å². The quantitative estimate of drug-likeness (QED) is 0.0456. The summed E-state index contributed by atoms with van der Waals surface area (Å²) >= 11 is 0. The molecule has 0 spiro atoms. The van der Waals surface area contributed by atoms with Crippen LogP contribution in [-0.2, 0) is 32.2 Å². The number of oxazole rings is 1. The third-order valence-electron chi connectivity index (χ3n) is 7.69. The van der Waals surface area contributed by atoms with E-state index in [-0.39, 0.29) is 30.4 Å². The second-order valence-electron chi connectivity index (χ2n) is 11.3. The van der Waals surface area contributed by atoms with Crippen LogP contribution in [0.2, 0.25) is 0 Å². The number of nitrogens with zero attached hydrogens (tertiary/aromatic N) is 2. The standard InChI is InChI=1S/C37H44N2O7/c1-26(21-33-25-44-30(5)38-33)11-10-12-28(3)37(43-6)29(4)36(46-24-32-15-17-34(18-16-32)39(41)42)22-35(27(2)19-20-40)45-23-31-13-8-7-9-14-31/h7-21,25,29,35-37H,22-24H2,1-6H3/b11-10+,26-21+,27-19+,28-12+/t29-,35-,36+,37-/m0/s1. The van der Waals surface area contributed by atoms with Gasteiger partial charge in [-0.1, -0.05) is 55.5 Å². The number of benzene rings is 2. The summed E-state index contributed by atoms with van der Waals surface area (Å²) in [7, 11) is 1.68. The van der Waals surface area contributed by atoms with Crippen LogP contribution < -0.4 is 0 Å². The molecule has 0 bridgehead atoms. The van der Waals surface area contributed by atoms with Gasteiger partial charge in [-0.25, -0.2) is 4.98 Å². The van der Waals surface area contributed by atoms with Crippen molar-refractivity contribution in [2.75, 3.05) is 7.11 Å². The van der Waals surface area contributed by atoms with Crippen molar-refractivity contribution < 1.29 is 28.3 Å². The fourth-order valence-electron chi connectivity index (χ4n) is 5.12. The number of carbonyl (C=O) groups is 1. The highest BCUT2D eigenvalue weighted by atomic mass is 16.6. The van der Waals surface area contributed by atoms with Gasteiger partial charge in [0.15, 0.2) is 5.89 Å². The Bertz CT molecular complexity index is 1520. The first-order chi connectivity index (χ1) is 22.1. The smallest absolute Gasteiger partial charge is 0.269 e. The minimum Gasteiger partial charge on any atom is -0.449 e. The minimum absolute atomic E-state index is 0.0205. The molecule has 0 N–H and O–H groups in total. The van der Waals surface area contributed by atoms with Gasteiger partial charge in [-0.2, -0.15) is 0 Å². The topological polar surface area (TPSA) is 114 Å². The number of methoxy groups -OCH3 is 1. The number of ether oxygens (including phenoxy) is 3. The number of aryl methyl sites for hydroxylation is 1. The molecule has 0 aliphatic rings. The maximum Gasteiger partial charge on any atom is 0.269 e. The second kappa shape index (κ2) is 18.5. The highest BCUT2D eigenvalue weighted by molar-refractivity contribution is 5.66. The maximum atomic E-state index is 11.4. The lowest BCUT2D eigenvalue weighted by molar-refractivity contribution is -0.384. The molecule has 0 aliphatic carbocycles. The van der Waals surface area contributed by atoms with E-state index < -0.39 is 11.0 Å². The average Bonchev–Trinajstić information content (AvgIpc) is 3.45. The predicted molar refractivity (Wildman–Crippen MR) is 179 cm³/mol. The van der Waals surface area contributed by atoms with E-state index in [1.807, 2.05) is 75.4 Å². The Morgan fingerprint density at radius 1 is 0.978 bits per heavy atom. The fraction of sp³-hybridized carbons (Fsp3) is 0.351. The first kappa shape index (κ1) is 36.0. The molecule has 1 aromatic heterocycles. The number of hydrogen-bond donors (Lipinski definition) is 0. The van der Waals surface area contributed by atoms with E-state index in [4.69, 9.17) is 18.6 Å². The maximum absolute atomic E-state index is 11.4. The number of aromatic nitrogens is 1. The molecule has 3 rings (SSSR count). The molecule has 0 saturated carbocycles. The van der Waals surface area contributed by atoms with Crippen LogP contribution in [0.4, 0.5) is 5.69 Å². The Kier molecular flexibility index (Phi) is 14.5. The largest absolute Gasteiger partial charge is 0.449 e. The summed E-state index contributed by atoms with van der Waals surface area (Å²) in [6, 6.07) is 16.2. The summed E-state index contributed by atoms with van der Waals surface area (Å²) in [5.41, 5.74) is 5.41. The molecule has 2 aromatic carbocycles. The summed E-state index contributed by atoms with van der Waals surface area (Å²) in [6.45, 7) is 10.4. The predicted octanol–water partition coefficient (Wildman–Crippen LogP) is 8.15. The zero-order valence-electron chi connectivity index (χ0n) is 27.4. The zero-order valence-corrected chi connectivity index (χ0v) is 27.4. The number of carbonyl (C=O) groups excluding carboxylic acids is 1. The molecular weight excluding hydrogens is 584 g/mol.